The second-order valence-corrected chi connectivity index (χ2v) is 7.98. The molecule has 0 atom stereocenters. The Kier molecular flexibility index (Phi) is 5.34. The van der Waals surface area contributed by atoms with Crippen LogP contribution < -0.4 is 0 Å². The van der Waals surface area contributed by atoms with Gasteiger partial charge in [0, 0.05) is 23.9 Å². The highest BCUT2D eigenvalue weighted by Gasteiger charge is 2.15. The normalized spacial score (nSPS) is 11.0. The molecule has 0 radical (unpaired) electrons. The number of amides is 1. The standard InChI is InChI=1S/C18H18FN3OS2/c1-11-12(2)25-18-16(11)17(20-10-21-18)24-9-15(23)22(3)8-13-5-4-6-14(19)7-13/h4-7,10H,8-9H2,1-3H3. The second-order valence-electron chi connectivity index (χ2n) is 5.81. The summed E-state index contributed by atoms with van der Waals surface area (Å²) in [6, 6.07) is 6.30. The van der Waals surface area contributed by atoms with Crippen molar-refractivity contribution < 1.29 is 9.18 Å². The summed E-state index contributed by atoms with van der Waals surface area (Å²) in [6.45, 7) is 4.50. The summed E-state index contributed by atoms with van der Waals surface area (Å²) >= 11 is 3.06. The maximum absolute atomic E-state index is 13.3. The first-order chi connectivity index (χ1) is 12.0. The number of carbonyl (C=O) groups excluding carboxylic acids is 1. The molecule has 0 aliphatic carbocycles. The van der Waals surface area contributed by atoms with Gasteiger partial charge in [-0.2, -0.15) is 0 Å². The van der Waals surface area contributed by atoms with Gasteiger partial charge in [-0.25, -0.2) is 14.4 Å². The van der Waals surface area contributed by atoms with Crippen molar-refractivity contribution >= 4 is 39.2 Å². The molecule has 0 saturated heterocycles. The average molecular weight is 375 g/mol. The monoisotopic (exact) mass is 375 g/mol. The van der Waals surface area contributed by atoms with Crippen LogP contribution in [-0.4, -0.2) is 33.6 Å². The van der Waals surface area contributed by atoms with Gasteiger partial charge in [0.05, 0.1) is 5.75 Å². The highest BCUT2D eigenvalue weighted by atomic mass is 32.2. The Morgan fingerprint density at radius 1 is 1.32 bits per heavy atom. The van der Waals surface area contributed by atoms with E-state index in [9.17, 15) is 9.18 Å². The number of rotatable bonds is 5. The van der Waals surface area contributed by atoms with E-state index >= 15 is 0 Å². The number of hydrogen-bond donors (Lipinski definition) is 0. The van der Waals surface area contributed by atoms with Gasteiger partial charge in [-0.05, 0) is 37.1 Å². The third-order valence-corrected chi connectivity index (χ3v) is 6.09. The van der Waals surface area contributed by atoms with Crippen molar-refractivity contribution in [3.63, 3.8) is 0 Å². The summed E-state index contributed by atoms with van der Waals surface area (Å²) in [5, 5.41) is 1.87. The minimum Gasteiger partial charge on any atom is -0.341 e. The van der Waals surface area contributed by atoms with Gasteiger partial charge in [-0.15, -0.1) is 11.3 Å². The van der Waals surface area contributed by atoms with Crippen molar-refractivity contribution in [1.82, 2.24) is 14.9 Å². The van der Waals surface area contributed by atoms with Gasteiger partial charge in [0.2, 0.25) is 5.91 Å². The van der Waals surface area contributed by atoms with E-state index in [2.05, 4.69) is 23.8 Å². The van der Waals surface area contributed by atoms with Crippen molar-refractivity contribution in [2.24, 2.45) is 0 Å². The Morgan fingerprint density at radius 2 is 2.12 bits per heavy atom. The lowest BCUT2D eigenvalue weighted by Gasteiger charge is -2.17. The maximum Gasteiger partial charge on any atom is 0.233 e. The van der Waals surface area contributed by atoms with Crippen molar-refractivity contribution in [2.45, 2.75) is 25.4 Å². The van der Waals surface area contributed by atoms with E-state index in [0.29, 0.717) is 6.54 Å². The van der Waals surface area contributed by atoms with Crippen LogP contribution in [0.1, 0.15) is 16.0 Å². The number of thioether (sulfide) groups is 1. The van der Waals surface area contributed by atoms with Crippen LogP contribution in [0.25, 0.3) is 10.2 Å². The molecule has 1 aromatic carbocycles. The van der Waals surface area contributed by atoms with Crippen molar-refractivity contribution in [1.29, 1.82) is 0 Å². The molecule has 3 rings (SSSR count). The van der Waals surface area contributed by atoms with Crippen LogP contribution in [0.5, 0.6) is 0 Å². The zero-order valence-corrected chi connectivity index (χ0v) is 15.9. The van der Waals surface area contributed by atoms with E-state index in [4.69, 9.17) is 0 Å². The lowest BCUT2D eigenvalue weighted by Crippen LogP contribution is -2.27. The Balaban J connectivity index is 1.68. The van der Waals surface area contributed by atoms with Gasteiger partial charge in [-0.3, -0.25) is 4.79 Å². The minimum absolute atomic E-state index is 0.0226. The van der Waals surface area contributed by atoms with Gasteiger partial charge < -0.3 is 4.90 Å². The first kappa shape index (κ1) is 17.8. The molecular weight excluding hydrogens is 357 g/mol. The molecule has 0 unspecified atom stereocenters. The van der Waals surface area contributed by atoms with Gasteiger partial charge >= 0.3 is 0 Å². The van der Waals surface area contributed by atoms with Crippen LogP contribution >= 0.6 is 23.1 Å². The fourth-order valence-electron chi connectivity index (χ4n) is 2.50. The largest absolute Gasteiger partial charge is 0.341 e. The fraction of sp³-hybridized carbons (Fsp3) is 0.278. The fourth-order valence-corrected chi connectivity index (χ4v) is 4.55. The number of halogens is 1. The zero-order valence-electron chi connectivity index (χ0n) is 14.2. The highest BCUT2D eigenvalue weighted by Crippen LogP contribution is 2.34. The summed E-state index contributed by atoms with van der Waals surface area (Å²) in [6.07, 6.45) is 1.54. The van der Waals surface area contributed by atoms with Gasteiger partial charge in [0.1, 0.15) is 22.0 Å². The van der Waals surface area contributed by atoms with E-state index in [-0.39, 0.29) is 17.5 Å². The summed E-state index contributed by atoms with van der Waals surface area (Å²) in [7, 11) is 1.73. The smallest absolute Gasteiger partial charge is 0.233 e. The SMILES string of the molecule is Cc1sc2ncnc(SCC(=O)N(C)Cc3cccc(F)c3)c2c1C. The number of aryl methyl sites for hydroxylation is 2. The predicted molar refractivity (Wildman–Crippen MR) is 100 cm³/mol. The number of aromatic nitrogens is 2. The topological polar surface area (TPSA) is 46.1 Å². The van der Waals surface area contributed by atoms with Crippen molar-refractivity contribution in [2.75, 3.05) is 12.8 Å². The van der Waals surface area contributed by atoms with E-state index in [1.807, 2.05) is 6.07 Å². The van der Waals surface area contributed by atoms with E-state index in [1.165, 1.54) is 34.3 Å². The highest BCUT2D eigenvalue weighted by molar-refractivity contribution is 8.00. The lowest BCUT2D eigenvalue weighted by atomic mass is 10.2. The molecule has 1 amide bonds. The Bertz CT molecular complexity index is 926. The minimum atomic E-state index is -0.292. The maximum atomic E-state index is 13.3. The van der Waals surface area contributed by atoms with E-state index < -0.39 is 0 Å². The first-order valence-corrected chi connectivity index (χ1v) is 9.58. The molecule has 2 aromatic heterocycles. The molecule has 0 saturated carbocycles. The third kappa shape index (κ3) is 3.99. The van der Waals surface area contributed by atoms with Crippen LogP contribution in [0.3, 0.4) is 0 Å². The van der Waals surface area contributed by atoms with Gasteiger partial charge in [-0.1, -0.05) is 23.9 Å². The predicted octanol–water partition coefficient (Wildman–Crippen LogP) is 4.20. The molecule has 0 fully saturated rings. The molecule has 130 valence electrons. The number of nitrogens with zero attached hydrogens (tertiary/aromatic N) is 3. The van der Waals surface area contributed by atoms with Crippen LogP contribution in [0.15, 0.2) is 35.6 Å². The number of hydrogen-bond acceptors (Lipinski definition) is 5. The summed E-state index contributed by atoms with van der Waals surface area (Å²) < 4.78 is 13.3. The summed E-state index contributed by atoms with van der Waals surface area (Å²) in [5.74, 6) is -0.0308. The molecule has 25 heavy (non-hydrogen) atoms. The molecule has 0 bridgehead atoms. The van der Waals surface area contributed by atoms with Gasteiger partial charge in [0.25, 0.3) is 0 Å². The van der Waals surface area contributed by atoms with Crippen LogP contribution in [-0.2, 0) is 11.3 Å². The van der Waals surface area contributed by atoms with Gasteiger partial charge in [0.15, 0.2) is 0 Å². The third-order valence-electron chi connectivity index (χ3n) is 4.00. The molecule has 2 heterocycles. The molecule has 3 aromatic rings. The number of benzene rings is 1. The molecular formula is C18H18FN3OS2. The zero-order chi connectivity index (χ0) is 18.0. The van der Waals surface area contributed by atoms with Crippen LogP contribution in [0, 0.1) is 19.7 Å². The second kappa shape index (κ2) is 7.49. The Hall–Kier alpha value is -1.99. The molecule has 0 aliphatic heterocycles. The molecule has 4 nitrogen and oxygen atoms in total. The Labute approximate surface area is 154 Å². The Morgan fingerprint density at radius 3 is 2.88 bits per heavy atom. The van der Waals surface area contributed by atoms with Crippen molar-refractivity contribution in [3.05, 3.63) is 52.4 Å². The molecule has 0 N–H and O–H groups in total. The molecule has 7 heteroatoms. The number of carbonyl (C=O) groups is 1. The number of thiophene rings is 1. The quantitative estimate of drug-likeness (QED) is 0.495. The number of fused-ring (bicyclic) bond motifs is 1. The van der Waals surface area contributed by atoms with E-state index in [1.54, 1.807) is 35.7 Å². The molecule has 0 aliphatic rings. The van der Waals surface area contributed by atoms with Crippen LogP contribution in [0.2, 0.25) is 0 Å². The van der Waals surface area contributed by atoms with Crippen molar-refractivity contribution in [3.8, 4) is 0 Å². The van der Waals surface area contributed by atoms with Crippen LogP contribution in [0.4, 0.5) is 4.39 Å². The summed E-state index contributed by atoms with van der Waals surface area (Å²) in [4.78, 5) is 24.8. The average Bonchev–Trinajstić information content (AvgIpc) is 2.87. The first-order valence-electron chi connectivity index (χ1n) is 7.77. The molecule has 0 spiro atoms. The lowest BCUT2D eigenvalue weighted by molar-refractivity contribution is -0.127. The van der Waals surface area contributed by atoms with E-state index in [0.717, 1.165) is 20.8 Å². The summed E-state index contributed by atoms with van der Waals surface area (Å²) in [5.41, 5.74) is 1.94.